The summed E-state index contributed by atoms with van der Waals surface area (Å²) in [6.07, 6.45) is 0.946. The first-order valence-electron chi connectivity index (χ1n) is 22.2. The zero-order chi connectivity index (χ0) is 52.5. The van der Waals surface area contributed by atoms with E-state index in [-0.39, 0.29) is 104 Å². The number of benzene rings is 4. The SMILES string of the molecule is CC(C)(C)c1cc(C(C)(C)CO)c(O)cc1NC(=O)c1c[nH]c2ccccc2c1=O.CO.COC(=O)OCC(C)(C)c1cc(C(C)(C)C)c(NC(=O)c2c[nH]c3ccccc3c2=O)cc1OC(=O)OC.[K+].[OH-]. The molecule has 0 atom stereocenters. The smallest absolute Gasteiger partial charge is 0.870 e. The molecular formula is C53H65KN4O14. The van der Waals surface area contributed by atoms with Gasteiger partial charge in [0.05, 0.1) is 20.8 Å². The molecule has 6 rings (SSSR count). The molecule has 0 unspecified atom stereocenters. The Labute approximate surface area is 460 Å². The van der Waals surface area contributed by atoms with Gasteiger partial charge in [0.1, 0.15) is 29.2 Å². The first-order valence-corrected chi connectivity index (χ1v) is 22.2. The van der Waals surface area contributed by atoms with Crippen molar-refractivity contribution in [1.82, 2.24) is 9.97 Å². The number of phenolic OH excluding ortho intramolecular Hbond substituents is 1. The Morgan fingerprint density at radius 2 is 1.01 bits per heavy atom. The Kier molecular flexibility index (Phi) is 22.2. The molecule has 19 heteroatoms. The van der Waals surface area contributed by atoms with Gasteiger partial charge in [0, 0.05) is 86.8 Å². The zero-order valence-electron chi connectivity index (χ0n) is 43.4. The number of methoxy groups -OCH3 is 2. The molecule has 18 nitrogen and oxygen atoms in total. The number of hydrogen-bond donors (Lipinski definition) is 7. The van der Waals surface area contributed by atoms with Crippen LogP contribution in [0.25, 0.3) is 21.8 Å². The minimum atomic E-state index is -0.970. The second kappa shape index (κ2) is 25.7. The number of ether oxygens (including phenoxy) is 4. The Morgan fingerprint density at radius 1 is 0.597 bits per heavy atom. The van der Waals surface area contributed by atoms with Gasteiger partial charge in [-0.1, -0.05) is 93.5 Å². The molecule has 0 radical (unpaired) electrons. The monoisotopic (exact) mass is 1020 g/mol. The second-order valence-electron chi connectivity index (χ2n) is 19.6. The van der Waals surface area contributed by atoms with Crippen LogP contribution in [0.15, 0.2) is 94.8 Å². The van der Waals surface area contributed by atoms with Crippen LogP contribution in [0.1, 0.15) is 112 Å². The van der Waals surface area contributed by atoms with E-state index < -0.39 is 45.8 Å². The fraction of sp³-hybridized carbons (Fsp3) is 0.358. The number of aromatic nitrogens is 2. The van der Waals surface area contributed by atoms with Crippen LogP contribution in [0.5, 0.6) is 11.5 Å². The van der Waals surface area contributed by atoms with E-state index in [1.807, 2.05) is 67.5 Å². The van der Waals surface area contributed by atoms with Crippen molar-refractivity contribution in [2.75, 3.05) is 45.2 Å². The van der Waals surface area contributed by atoms with Crippen LogP contribution in [0.2, 0.25) is 0 Å². The molecule has 2 amide bonds. The number of rotatable bonds is 10. The fourth-order valence-electron chi connectivity index (χ4n) is 7.42. The van der Waals surface area contributed by atoms with Crippen molar-refractivity contribution < 1.29 is 110 Å². The molecule has 0 fully saturated rings. The summed E-state index contributed by atoms with van der Waals surface area (Å²) in [5, 5.41) is 33.7. The molecule has 0 bridgehead atoms. The number of aromatic amines is 2. The van der Waals surface area contributed by atoms with Crippen molar-refractivity contribution in [2.24, 2.45) is 0 Å². The van der Waals surface area contributed by atoms with E-state index in [0.717, 1.165) is 12.7 Å². The summed E-state index contributed by atoms with van der Waals surface area (Å²) in [5.41, 5.74) is 1.44. The van der Waals surface area contributed by atoms with Crippen molar-refractivity contribution in [3.63, 3.8) is 0 Å². The number of aliphatic hydroxyl groups is 2. The minimum Gasteiger partial charge on any atom is -0.870 e. The molecule has 0 aliphatic carbocycles. The number of para-hydroxylation sites is 2. The maximum absolute atomic E-state index is 13.3. The van der Waals surface area contributed by atoms with Gasteiger partial charge in [-0.15, -0.1) is 0 Å². The number of phenols is 1. The zero-order valence-corrected chi connectivity index (χ0v) is 46.5. The average Bonchev–Trinajstić information content (AvgIpc) is 3.31. The Morgan fingerprint density at radius 3 is 1.43 bits per heavy atom. The van der Waals surface area contributed by atoms with E-state index >= 15 is 0 Å². The van der Waals surface area contributed by atoms with Crippen LogP contribution in [0, 0.1) is 0 Å². The van der Waals surface area contributed by atoms with Gasteiger partial charge in [-0.25, -0.2) is 9.59 Å². The third-order valence-electron chi connectivity index (χ3n) is 11.4. The number of carbonyl (C=O) groups is 4. The van der Waals surface area contributed by atoms with Crippen molar-refractivity contribution in [2.45, 2.75) is 90.9 Å². The Bertz CT molecular complexity index is 3020. The molecule has 6 aromatic rings. The summed E-state index contributed by atoms with van der Waals surface area (Å²) >= 11 is 0. The number of H-pyrrole nitrogens is 2. The number of pyridine rings is 2. The molecular weight excluding hydrogens is 956 g/mol. The number of nitrogens with one attached hydrogen (secondary N) is 4. The summed E-state index contributed by atoms with van der Waals surface area (Å²) in [4.78, 5) is 81.7. The maximum Gasteiger partial charge on any atom is 1.00 e. The first kappa shape index (κ1) is 62.2. The predicted octanol–water partition coefficient (Wildman–Crippen LogP) is 5.77. The third kappa shape index (κ3) is 14.8. The van der Waals surface area contributed by atoms with Gasteiger partial charge in [0.25, 0.3) is 11.8 Å². The molecule has 0 aliphatic heterocycles. The van der Waals surface area contributed by atoms with E-state index in [4.69, 9.17) is 14.6 Å². The average molecular weight is 1020 g/mol. The van der Waals surface area contributed by atoms with Crippen LogP contribution in [-0.4, -0.2) is 89.4 Å². The van der Waals surface area contributed by atoms with Gasteiger partial charge in [-0.05, 0) is 58.4 Å². The van der Waals surface area contributed by atoms with E-state index in [0.29, 0.717) is 49.9 Å². The molecule has 2 heterocycles. The molecule has 0 saturated heterocycles. The van der Waals surface area contributed by atoms with Gasteiger partial charge in [0.15, 0.2) is 0 Å². The van der Waals surface area contributed by atoms with Crippen LogP contribution >= 0.6 is 0 Å². The Balaban J connectivity index is 0.000000475. The summed E-state index contributed by atoms with van der Waals surface area (Å²) in [6.45, 7) is 18.9. The number of hydrogen-bond acceptors (Lipinski definition) is 14. The largest absolute Gasteiger partial charge is 1.00 e. The second-order valence-corrected chi connectivity index (χ2v) is 19.6. The normalized spacial score (nSPS) is 11.3. The van der Waals surface area contributed by atoms with E-state index in [1.165, 1.54) is 38.7 Å². The minimum absolute atomic E-state index is 0. The number of aromatic hydroxyl groups is 1. The van der Waals surface area contributed by atoms with Gasteiger partial charge < -0.3 is 60.3 Å². The van der Waals surface area contributed by atoms with E-state index in [9.17, 15) is 39.0 Å². The molecule has 2 aromatic heterocycles. The summed E-state index contributed by atoms with van der Waals surface area (Å²) in [7, 11) is 3.38. The molecule has 72 heavy (non-hydrogen) atoms. The molecule has 4 aromatic carbocycles. The van der Waals surface area contributed by atoms with Crippen molar-refractivity contribution >= 4 is 57.3 Å². The molecule has 0 saturated carbocycles. The summed E-state index contributed by atoms with van der Waals surface area (Å²) < 4.78 is 19.9. The van der Waals surface area contributed by atoms with Crippen LogP contribution < -0.4 is 77.6 Å². The van der Waals surface area contributed by atoms with E-state index in [1.54, 1.807) is 62.4 Å². The number of carbonyl (C=O) groups excluding carboxylic acids is 4. The molecule has 8 N–H and O–H groups in total. The first-order chi connectivity index (χ1) is 32.7. The standard InChI is InChI=1S/C28H32N2O8.C24H28N2O4.CH4O.K.H2O/c1-27(2,3)18-12-19(28(4,5)15-37-25(33)35-6)22(38-26(34)36-7)13-21(18)30-24(32)17-14-29-20-11-9-8-10-16(20)23(17)31;1-23(2,3)16-10-17(24(4,5)13-27)20(28)11-19(16)26-22(30)15-12-25-18-9-7-6-8-14(18)21(15)29;1-2;;/h8-14H,15H2,1-7H3,(H,29,31)(H,30,32);6-12,27-28H,13H2,1-5H3,(H,25,29)(H,26,30);2H,1H3;;1H2/q;;;+1;/p-1. The van der Waals surface area contributed by atoms with E-state index in [2.05, 4.69) is 30.1 Å². The maximum atomic E-state index is 13.3. The number of aliphatic hydroxyl groups excluding tert-OH is 2. The predicted molar refractivity (Wildman–Crippen MR) is 272 cm³/mol. The van der Waals surface area contributed by atoms with Crippen molar-refractivity contribution in [1.29, 1.82) is 0 Å². The molecule has 0 spiro atoms. The third-order valence-corrected chi connectivity index (χ3v) is 11.4. The number of fused-ring (bicyclic) bond motifs is 2. The van der Waals surface area contributed by atoms with Crippen molar-refractivity contribution in [3.05, 3.63) is 139 Å². The van der Waals surface area contributed by atoms with Crippen LogP contribution in [-0.2, 0) is 35.9 Å². The van der Waals surface area contributed by atoms with Gasteiger partial charge >= 0.3 is 63.7 Å². The number of amides is 2. The fourth-order valence-corrected chi connectivity index (χ4v) is 7.42. The van der Waals surface area contributed by atoms with Crippen molar-refractivity contribution in [3.8, 4) is 11.5 Å². The molecule has 382 valence electrons. The van der Waals surface area contributed by atoms with Gasteiger partial charge in [0.2, 0.25) is 10.9 Å². The molecule has 0 aliphatic rings. The summed E-state index contributed by atoms with van der Waals surface area (Å²) in [6, 6.07) is 20.5. The quantitative estimate of drug-likeness (QED) is 0.0487. The number of anilines is 2. The van der Waals surface area contributed by atoms with Gasteiger partial charge in [-0.3, -0.25) is 19.2 Å². The van der Waals surface area contributed by atoms with Crippen LogP contribution in [0.3, 0.4) is 0 Å². The van der Waals surface area contributed by atoms with Crippen LogP contribution in [0.4, 0.5) is 21.0 Å². The Hall–Kier alpha value is -5.90. The van der Waals surface area contributed by atoms with Gasteiger partial charge in [-0.2, -0.15) is 0 Å². The topological polar surface area (TPSA) is 286 Å². The summed E-state index contributed by atoms with van der Waals surface area (Å²) in [5.74, 6) is -1.12.